The molecule has 0 saturated carbocycles. The van der Waals surface area contributed by atoms with Gasteiger partial charge in [-0.3, -0.25) is 14.9 Å². The van der Waals surface area contributed by atoms with Crippen LogP contribution in [-0.4, -0.2) is 55.8 Å². The lowest BCUT2D eigenvalue weighted by molar-refractivity contribution is -0.385. The van der Waals surface area contributed by atoms with E-state index in [1.807, 2.05) is 24.3 Å². The molecule has 3 rings (SSSR count). The van der Waals surface area contributed by atoms with E-state index in [0.717, 1.165) is 18.4 Å². The maximum absolute atomic E-state index is 13.6. The second-order valence-electron chi connectivity index (χ2n) is 7.34. The van der Waals surface area contributed by atoms with E-state index in [1.54, 1.807) is 18.9 Å². The molecule has 1 unspecified atom stereocenters. The molecule has 0 aromatic heterocycles. The van der Waals surface area contributed by atoms with Gasteiger partial charge in [0.25, 0.3) is 11.6 Å². The Morgan fingerprint density at radius 1 is 1.19 bits per heavy atom. The summed E-state index contributed by atoms with van der Waals surface area (Å²) in [6.07, 6.45) is 1.61. The van der Waals surface area contributed by atoms with Gasteiger partial charge >= 0.3 is 0 Å². The highest BCUT2D eigenvalue weighted by Gasteiger charge is 2.31. The van der Waals surface area contributed by atoms with Gasteiger partial charge < -0.3 is 23.8 Å². The predicted octanol–water partition coefficient (Wildman–Crippen LogP) is 3.83. The Morgan fingerprint density at radius 2 is 1.94 bits per heavy atom. The predicted molar refractivity (Wildman–Crippen MR) is 118 cm³/mol. The van der Waals surface area contributed by atoms with Crippen molar-refractivity contribution in [2.24, 2.45) is 0 Å². The number of nitro benzene ring substituents is 1. The highest BCUT2D eigenvalue weighted by atomic mass is 16.6. The number of nitro groups is 1. The third-order valence-electron chi connectivity index (χ3n) is 5.30. The van der Waals surface area contributed by atoms with E-state index in [-0.39, 0.29) is 35.4 Å². The second-order valence-corrected chi connectivity index (χ2v) is 7.34. The average Bonchev–Trinajstić information content (AvgIpc) is 3.31. The standard InChI is InChI=1S/C23H28N2O7/c1-4-31-22-12-18(19(25(27)28)13-21(22)30-3)23(26)24(15-17-9-7-11-32-17)14-16-8-5-6-10-20(16)29-2/h5-6,8,10,12-13,17H,4,7,9,11,14-15H2,1-3H3. The molecular formula is C23H28N2O7. The number of para-hydroxylation sites is 1. The van der Waals surface area contributed by atoms with Crippen LogP contribution in [0.1, 0.15) is 35.7 Å². The molecule has 32 heavy (non-hydrogen) atoms. The Hall–Kier alpha value is -3.33. The van der Waals surface area contributed by atoms with Crippen molar-refractivity contribution in [3.63, 3.8) is 0 Å². The molecule has 0 radical (unpaired) electrons. The molecule has 2 aromatic carbocycles. The van der Waals surface area contributed by atoms with Crippen LogP contribution < -0.4 is 14.2 Å². The van der Waals surface area contributed by atoms with Crippen LogP contribution in [0.25, 0.3) is 0 Å². The first kappa shape index (κ1) is 23.3. The maximum Gasteiger partial charge on any atom is 0.286 e. The third kappa shape index (κ3) is 5.28. The molecule has 0 N–H and O–H groups in total. The summed E-state index contributed by atoms with van der Waals surface area (Å²) in [5.74, 6) is 0.627. The lowest BCUT2D eigenvalue weighted by Gasteiger charge is -2.26. The fourth-order valence-electron chi connectivity index (χ4n) is 3.76. The van der Waals surface area contributed by atoms with E-state index in [0.29, 0.717) is 25.5 Å². The summed E-state index contributed by atoms with van der Waals surface area (Å²) < 4.78 is 22.0. The molecule has 1 heterocycles. The highest BCUT2D eigenvalue weighted by molar-refractivity contribution is 5.99. The molecule has 9 heteroatoms. The van der Waals surface area contributed by atoms with Crippen molar-refractivity contribution in [1.29, 1.82) is 0 Å². The lowest BCUT2D eigenvalue weighted by Crippen LogP contribution is -2.37. The van der Waals surface area contributed by atoms with Gasteiger partial charge in [0.1, 0.15) is 11.3 Å². The summed E-state index contributed by atoms with van der Waals surface area (Å²) in [7, 11) is 2.96. The first-order valence-electron chi connectivity index (χ1n) is 10.5. The minimum Gasteiger partial charge on any atom is -0.496 e. The van der Waals surface area contributed by atoms with Crippen LogP contribution in [0, 0.1) is 10.1 Å². The van der Waals surface area contributed by atoms with Crippen LogP contribution in [0.15, 0.2) is 36.4 Å². The molecule has 0 aliphatic carbocycles. The molecule has 2 aromatic rings. The quantitative estimate of drug-likeness (QED) is 0.405. The summed E-state index contributed by atoms with van der Waals surface area (Å²) in [6.45, 7) is 3.27. The van der Waals surface area contributed by atoms with E-state index in [2.05, 4.69) is 0 Å². The molecule has 1 atom stereocenters. The number of hydrogen-bond donors (Lipinski definition) is 0. The molecule has 0 bridgehead atoms. The minimum atomic E-state index is -0.584. The van der Waals surface area contributed by atoms with Gasteiger partial charge in [-0.15, -0.1) is 0 Å². The van der Waals surface area contributed by atoms with Gasteiger partial charge in [-0.2, -0.15) is 0 Å². The number of hydrogen-bond acceptors (Lipinski definition) is 7. The van der Waals surface area contributed by atoms with Gasteiger partial charge in [-0.25, -0.2) is 0 Å². The largest absolute Gasteiger partial charge is 0.496 e. The van der Waals surface area contributed by atoms with Crippen molar-refractivity contribution in [3.05, 3.63) is 57.6 Å². The van der Waals surface area contributed by atoms with Crippen molar-refractivity contribution in [2.45, 2.75) is 32.4 Å². The number of carbonyl (C=O) groups excluding carboxylic acids is 1. The molecule has 1 aliphatic heterocycles. The molecule has 1 aliphatic rings. The van der Waals surface area contributed by atoms with Gasteiger partial charge in [0.2, 0.25) is 0 Å². The number of amides is 1. The number of methoxy groups -OCH3 is 2. The van der Waals surface area contributed by atoms with Gasteiger partial charge in [0.05, 0.1) is 37.9 Å². The Bertz CT molecular complexity index is 957. The fraction of sp³-hybridized carbons (Fsp3) is 0.435. The summed E-state index contributed by atoms with van der Waals surface area (Å²) in [4.78, 5) is 26.4. The maximum atomic E-state index is 13.6. The van der Waals surface area contributed by atoms with Crippen LogP contribution in [-0.2, 0) is 11.3 Å². The van der Waals surface area contributed by atoms with Crippen molar-refractivity contribution in [3.8, 4) is 17.2 Å². The van der Waals surface area contributed by atoms with Crippen LogP contribution in [0.5, 0.6) is 17.2 Å². The van der Waals surface area contributed by atoms with E-state index in [9.17, 15) is 14.9 Å². The Morgan fingerprint density at radius 3 is 2.56 bits per heavy atom. The zero-order valence-electron chi connectivity index (χ0n) is 18.5. The Balaban J connectivity index is 2.02. The van der Waals surface area contributed by atoms with E-state index in [4.69, 9.17) is 18.9 Å². The molecule has 1 saturated heterocycles. The SMILES string of the molecule is CCOc1cc(C(=O)N(Cc2ccccc2OC)CC2CCCO2)c([N+](=O)[O-])cc1OC. The number of benzene rings is 2. The normalized spacial score (nSPS) is 15.3. The summed E-state index contributed by atoms with van der Waals surface area (Å²) >= 11 is 0. The highest BCUT2D eigenvalue weighted by Crippen LogP contribution is 2.36. The molecule has 172 valence electrons. The van der Waals surface area contributed by atoms with Crippen molar-refractivity contribution in [1.82, 2.24) is 4.90 Å². The summed E-state index contributed by atoms with van der Waals surface area (Å²) in [5.41, 5.74) is 0.391. The van der Waals surface area contributed by atoms with Gasteiger partial charge in [0, 0.05) is 31.3 Å². The second kappa shape index (κ2) is 10.8. The monoisotopic (exact) mass is 444 g/mol. The van der Waals surface area contributed by atoms with E-state index in [1.165, 1.54) is 19.2 Å². The van der Waals surface area contributed by atoms with Crippen LogP contribution in [0.4, 0.5) is 5.69 Å². The zero-order chi connectivity index (χ0) is 23.1. The fourth-order valence-corrected chi connectivity index (χ4v) is 3.76. The van der Waals surface area contributed by atoms with Crippen LogP contribution in [0.3, 0.4) is 0 Å². The van der Waals surface area contributed by atoms with Crippen molar-refractivity contribution in [2.75, 3.05) is 34.0 Å². The van der Waals surface area contributed by atoms with E-state index < -0.39 is 10.8 Å². The molecular weight excluding hydrogens is 416 g/mol. The summed E-state index contributed by atoms with van der Waals surface area (Å²) in [6, 6.07) is 9.99. The third-order valence-corrected chi connectivity index (χ3v) is 5.30. The molecule has 9 nitrogen and oxygen atoms in total. The molecule has 0 spiro atoms. The zero-order valence-corrected chi connectivity index (χ0v) is 18.5. The minimum absolute atomic E-state index is 0.0628. The molecule has 1 amide bonds. The van der Waals surface area contributed by atoms with E-state index >= 15 is 0 Å². The van der Waals surface area contributed by atoms with Gasteiger partial charge in [-0.05, 0) is 25.8 Å². The smallest absolute Gasteiger partial charge is 0.286 e. The number of carbonyl (C=O) groups is 1. The number of ether oxygens (including phenoxy) is 4. The molecule has 1 fully saturated rings. The average molecular weight is 444 g/mol. The Labute approximate surface area is 187 Å². The van der Waals surface area contributed by atoms with Gasteiger partial charge in [0.15, 0.2) is 11.5 Å². The first-order valence-corrected chi connectivity index (χ1v) is 10.5. The van der Waals surface area contributed by atoms with Crippen LogP contribution >= 0.6 is 0 Å². The number of nitrogens with zero attached hydrogens (tertiary/aromatic N) is 2. The Kier molecular flexibility index (Phi) is 7.88. The lowest BCUT2D eigenvalue weighted by atomic mass is 10.1. The number of rotatable bonds is 10. The van der Waals surface area contributed by atoms with Crippen LogP contribution in [0.2, 0.25) is 0 Å². The topological polar surface area (TPSA) is 100 Å². The van der Waals surface area contributed by atoms with Gasteiger partial charge in [-0.1, -0.05) is 18.2 Å². The van der Waals surface area contributed by atoms with Crippen molar-refractivity contribution >= 4 is 11.6 Å². The van der Waals surface area contributed by atoms with Crippen molar-refractivity contribution < 1.29 is 28.7 Å². The summed E-state index contributed by atoms with van der Waals surface area (Å²) in [5, 5.41) is 11.8. The first-order chi connectivity index (χ1) is 15.5.